The van der Waals surface area contributed by atoms with Crippen LogP contribution in [-0.2, 0) is 16.9 Å². The molecule has 1 N–H and O–H groups in total. The maximum Gasteiger partial charge on any atom is 0.253 e. The highest BCUT2D eigenvalue weighted by Gasteiger charge is 2.33. The van der Waals surface area contributed by atoms with Gasteiger partial charge in [0.05, 0.1) is 30.0 Å². The Labute approximate surface area is 164 Å². The molecule has 0 unspecified atom stereocenters. The number of ether oxygens (including phenoxy) is 2. The number of carbonyl (C=O) groups is 1. The fraction of sp³-hybridized carbons (Fsp3) is 0.450. The molecule has 2 aromatic heterocycles. The molecule has 0 aromatic carbocycles. The summed E-state index contributed by atoms with van der Waals surface area (Å²) < 4.78 is 11.5. The van der Waals surface area contributed by atoms with Crippen LogP contribution in [0.2, 0.25) is 5.15 Å². The van der Waals surface area contributed by atoms with Crippen molar-refractivity contribution in [3.63, 3.8) is 0 Å². The van der Waals surface area contributed by atoms with E-state index in [9.17, 15) is 4.79 Å². The van der Waals surface area contributed by atoms with Gasteiger partial charge in [-0.25, -0.2) is 4.98 Å². The standard InChI is InChI=1S/C20H24ClN3O3/c1-11(2)27-19-15(6-7-16(21)24-19)12(3)23-18(25)13-8-14-10-26-20(4,5)17(14)22-9-13/h6-9,11-12H,10H2,1-5H3,(H,23,25)/t12-/m0/s1. The smallest absolute Gasteiger partial charge is 0.253 e. The summed E-state index contributed by atoms with van der Waals surface area (Å²) in [6.45, 7) is 10.1. The first-order valence-electron chi connectivity index (χ1n) is 8.94. The van der Waals surface area contributed by atoms with Crippen molar-refractivity contribution in [3.8, 4) is 5.88 Å². The molecule has 0 saturated carbocycles. The molecular formula is C20H24ClN3O3. The summed E-state index contributed by atoms with van der Waals surface area (Å²) in [5.74, 6) is 0.209. The lowest BCUT2D eigenvalue weighted by Crippen LogP contribution is -2.28. The van der Waals surface area contributed by atoms with E-state index in [4.69, 9.17) is 21.1 Å². The number of pyridine rings is 2. The fourth-order valence-electron chi connectivity index (χ4n) is 3.05. The van der Waals surface area contributed by atoms with E-state index in [1.807, 2.05) is 46.8 Å². The maximum atomic E-state index is 12.7. The van der Waals surface area contributed by atoms with Crippen molar-refractivity contribution in [2.45, 2.75) is 59.0 Å². The highest BCUT2D eigenvalue weighted by atomic mass is 35.5. The molecule has 1 aliphatic rings. The molecule has 0 spiro atoms. The Bertz CT molecular complexity index is 868. The second-order valence-corrected chi connectivity index (χ2v) is 7.81. The van der Waals surface area contributed by atoms with Gasteiger partial charge in [0.15, 0.2) is 0 Å². The zero-order valence-corrected chi connectivity index (χ0v) is 16.9. The minimum atomic E-state index is -0.421. The van der Waals surface area contributed by atoms with Crippen molar-refractivity contribution in [1.29, 1.82) is 0 Å². The molecule has 27 heavy (non-hydrogen) atoms. The topological polar surface area (TPSA) is 73.3 Å². The first-order valence-corrected chi connectivity index (χ1v) is 9.32. The van der Waals surface area contributed by atoms with Crippen LogP contribution >= 0.6 is 11.6 Å². The Hall–Kier alpha value is -2.18. The van der Waals surface area contributed by atoms with Gasteiger partial charge in [-0.2, -0.15) is 0 Å². The molecule has 2 aromatic rings. The highest BCUT2D eigenvalue weighted by Crippen LogP contribution is 2.34. The fourth-order valence-corrected chi connectivity index (χ4v) is 3.19. The lowest BCUT2D eigenvalue weighted by molar-refractivity contribution is -0.0101. The Morgan fingerprint density at radius 1 is 1.33 bits per heavy atom. The van der Waals surface area contributed by atoms with Gasteiger partial charge in [-0.15, -0.1) is 0 Å². The van der Waals surface area contributed by atoms with Crippen molar-refractivity contribution in [2.24, 2.45) is 0 Å². The van der Waals surface area contributed by atoms with Crippen molar-refractivity contribution < 1.29 is 14.3 Å². The summed E-state index contributed by atoms with van der Waals surface area (Å²) in [4.78, 5) is 21.4. The molecule has 0 bridgehead atoms. The molecule has 1 atom stereocenters. The number of nitrogens with zero attached hydrogens (tertiary/aromatic N) is 2. The third-order valence-electron chi connectivity index (χ3n) is 4.40. The van der Waals surface area contributed by atoms with Crippen LogP contribution in [0.5, 0.6) is 5.88 Å². The Kier molecular flexibility index (Phi) is 5.40. The molecule has 0 aliphatic carbocycles. The molecule has 1 aliphatic heterocycles. The number of fused-ring (bicyclic) bond motifs is 1. The van der Waals surface area contributed by atoms with Gasteiger partial charge < -0.3 is 14.8 Å². The van der Waals surface area contributed by atoms with Gasteiger partial charge in [0, 0.05) is 17.3 Å². The summed E-state index contributed by atoms with van der Waals surface area (Å²) in [6, 6.07) is 5.03. The van der Waals surface area contributed by atoms with E-state index in [2.05, 4.69) is 15.3 Å². The average molecular weight is 390 g/mol. The van der Waals surface area contributed by atoms with Gasteiger partial charge >= 0.3 is 0 Å². The number of carbonyl (C=O) groups excluding carboxylic acids is 1. The third kappa shape index (κ3) is 4.22. The van der Waals surface area contributed by atoms with E-state index in [0.29, 0.717) is 23.2 Å². The van der Waals surface area contributed by atoms with Gasteiger partial charge in [0.25, 0.3) is 5.91 Å². The van der Waals surface area contributed by atoms with E-state index in [1.165, 1.54) is 0 Å². The second-order valence-electron chi connectivity index (χ2n) is 7.42. The van der Waals surface area contributed by atoms with Crippen molar-refractivity contribution in [2.75, 3.05) is 0 Å². The minimum Gasteiger partial charge on any atom is -0.475 e. The highest BCUT2D eigenvalue weighted by molar-refractivity contribution is 6.29. The van der Waals surface area contributed by atoms with Crippen LogP contribution in [-0.4, -0.2) is 22.0 Å². The summed E-state index contributed by atoms with van der Waals surface area (Å²) in [5, 5.41) is 3.32. The Morgan fingerprint density at radius 3 is 2.78 bits per heavy atom. The number of rotatable bonds is 5. The molecule has 1 amide bonds. The quantitative estimate of drug-likeness (QED) is 0.777. The Morgan fingerprint density at radius 2 is 2.07 bits per heavy atom. The lowest BCUT2D eigenvalue weighted by Gasteiger charge is -2.19. The van der Waals surface area contributed by atoms with Gasteiger partial charge in [-0.1, -0.05) is 11.6 Å². The molecule has 6 nitrogen and oxygen atoms in total. The SMILES string of the molecule is CC(C)Oc1nc(Cl)ccc1[C@H](C)NC(=O)c1cnc2c(c1)COC2(C)C. The van der Waals surface area contributed by atoms with E-state index in [1.54, 1.807) is 12.3 Å². The summed E-state index contributed by atoms with van der Waals surface area (Å²) >= 11 is 5.99. The zero-order chi connectivity index (χ0) is 19.8. The van der Waals surface area contributed by atoms with Crippen molar-refractivity contribution in [1.82, 2.24) is 15.3 Å². The van der Waals surface area contributed by atoms with E-state index in [-0.39, 0.29) is 18.1 Å². The van der Waals surface area contributed by atoms with Crippen LogP contribution in [0.25, 0.3) is 0 Å². The average Bonchev–Trinajstić information content (AvgIpc) is 2.89. The monoisotopic (exact) mass is 389 g/mol. The number of amides is 1. The number of aromatic nitrogens is 2. The summed E-state index contributed by atoms with van der Waals surface area (Å²) in [7, 11) is 0. The molecule has 0 fully saturated rings. The van der Waals surface area contributed by atoms with Gasteiger partial charge in [-0.05, 0) is 52.8 Å². The predicted octanol–water partition coefficient (Wildman–Crippen LogP) is 4.17. The molecule has 3 heterocycles. The van der Waals surface area contributed by atoms with Crippen molar-refractivity contribution in [3.05, 3.63) is 51.9 Å². The molecule has 3 rings (SSSR count). The maximum absolute atomic E-state index is 12.7. The summed E-state index contributed by atoms with van der Waals surface area (Å²) in [5.41, 5.74) is 2.66. The molecular weight excluding hydrogens is 366 g/mol. The first kappa shape index (κ1) is 19.6. The predicted molar refractivity (Wildman–Crippen MR) is 103 cm³/mol. The number of nitrogens with one attached hydrogen (secondary N) is 1. The normalized spacial score (nSPS) is 16.1. The molecule has 7 heteroatoms. The van der Waals surface area contributed by atoms with E-state index < -0.39 is 5.60 Å². The molecule has 0 saturated heterocycles. The second kappa shape index (κ2) is 7.44. The van der Waals surface area contributed by atoms with Crippen LogP contribution < -0.4 is 10.1 Å². The minimum absolute atomic E-state index is 0.0538. The first-order chi connectivity index (χ1) is 12.7. The van der Waals surface area contributed by atoms with Crippen LogP contribution in [0, 0.1) is 0 Å². The number of hydrogen-bond acceptors (Lipinski definition) is 5. The largest absolute Gasteiger partial charge is 0.475 e. The van der Waals surface area contributed by atoms with Gasteiger partial charge in [0.1, 0.15) is 10.8 Å². The van der Waals surface area contributed by atoms with Crippen LogP contribution in [0.1, 0.15) is 67.8 Å². The third-order valence-corrected chi connectivity index (χ3v) is 4.62. The molecule has 144 valence electrons. The molecule has 0 radical (unpaired) electrons. The van der Waals surface area contributed by atoms with Crippen LogP contribution in [0.3, 0.4) is 0 Å². The number of hydrogen-bond donors (Lipinski definition) is 1. The zero-order valence-electron chi connectivity index (χ0n) is 16.2. The number of halogens is 1. The Balaban J connectivity index is 1.79. The lowest BCUT2D eigenvalue weighted by atomic mass is 10.0. The summed E-state index contributed by atoms with van der Waals surface area (Å²) in [6.07, 6.45) is 1.53. The van der Waals surface area contributed by atoms with E-state index in [0.717, 1.165) is 16.8 Å². The van der Waals surface area contributed by atoms with Crippen LogP contribution in [0.4, 0.5) is 0 Å². The van der Waals surface area contributed by atoms with Gasteiger partial charge in [-0.3, -0.25) is 9.78 Å². The van der Waals surface area contributed by atoms with E-state index >= 15 is 0 Å². The van der Waals surface area contributed by atoms with Gasteiger partial charge in [0.2, 0.25) is 5.88 Å². The van der Waals surface area contributed by atoms with Crippen molar-refractivity contribution >= 4 is 17.5 Å². The van der Waals surface area contributed by atoms with Crippen LogP contribution in [0.15, 0.2) is 24.4 Å².